The Morgan fingerprint density at radius 3 is 2.56 bits per heavy atom. The topological polar surface area (TPSA) is 59.9 Å². The molecule has 10 heteroatoms. The highest BCUT2D eigenvalue weighted by atomic mass is 35.5. The summed E-state index contributed by atoms with van der Waals surface area (Å²) in [5, 5.41) is 5.23. The van der Waals surface area contributed by atoms with E-state index in [-0.39, 0.29) is 12.5 Å². The van der Waals surface area contributed by atoms with Crippen LogP contribution in [0.2, 0.25) is 20.1 Å². The Kier molecular flexibility index (Phi) is 8.75. The molecule has 0 aliphatic carbocycles. The summed E-state index contributed by atoms with van der Waals surface area (Å²) in [6.45, 7) is 4.32. The molecule has 3 aromatic rings. The number of hydrogen-bond acceptors (Lipinski definition) is 5. The van der Waals surface area contributed by atoms with Gasteiger partial charge in [-0.1, -0.05) is 58.5 Å². The van der Waals surface area contributed by atoms with Crippen molar-refractivity contribution in [1.82, 2.24) is 5.32 Å². The first-order valence-corrected chi connectivity index (χ1v) is 13.2. The highest BCUT2D eigenvalue weighted by Gasteiger charge is 2.24. The van der Waals surface area contributed by atoms with E-state index in [9.17, 15) is 4.79 Å². The van der Waals surface area contributed by atoms with Crippen molar-refractivity contribution in [2.24, 2.45) is 4.99 Å². The molecule has 1 aliphatic rings. The van der Waals surface area contributed by atoms with Crippen molar-refractivity contribution < 1.29 is 14.3 Å². The van der Waals surface area contributed by atoms with E-state index in [1.54, 1.807) is 42.5 Å². The van der Waals surface area contributed by atoms with Crippen LogP contribution in [-0.2, 0) is 11.4 Å². The molecular weight excluding hydrogens is 562 g/mol. The molecule has 1 N–H and O–H groups in total. The lowest BCUT2D eigenvalue weighted by Crippen LogP contribution is -2.19. The number of halogens is 4. The van der Waals surface area contributed by atoms with Gasteiger partial charge >= 0.3 is 0 Å². The molecule has 3 aromatic carbocycles. The highest BCUT2D eigenvalue weighted by molar-refractivity contribution is 8.18. The summed E-state index contributed by atoms with van der Waals surface area (Å²) >= 11 is 26.2. The molecule has 5 nitrogen and oxygen atoms in total. The van der Waals surface area contributed by atoms with Crippen LogP contribution in [0.5, 0.6) is 11.5 Å². The Bertz CT molecular complexity index is 1390. The molecule has 0 spiro atoms. The third kappa shape index (κ3) is 6.31. The number of nitrogens with zero attached hydrogens (tertiary/aromatic N) is 1. The molecule has 1 aliphatic heterocycles. The van der Waals surface area contributed by atoms with Gasteiger partial charge < -0.3 is 14.8 Å². The van der Waals surface area contributed by atoms with E-state index in [2.05, 4.69) is 10.3 Å². The number of rotatable bonds is 7. The van der Waals surface area contributed by atoms with Crippen LogP contribution in [0.4, 0.5) is 5.69 Å². The Morgan fingerprint density at radius 1 is 1.00 bits per heavy atom. The van der Waals surface area contributed by atoms with Crippen molar-refractivity contribution in [2.45, 2.75) is 20.5 Å². The molecule has 1 heterocycles. The lowest BCUT2D eigenvalue weighted by Gasteiger charge is -2.15. The minimum Gasteiger partial charge on any atom is -0.490 e. The second-order valence-electron chi connectivity index (χ2n) is 7.65. The van der Waals surface area contributed by atoms with E-state index >= 15 is 0 Å². The summed E-state index contributed by atoms with van der Waals surface area (Å²) in [5.74, 6) is 0.577. The monoisotopic (exact) mass is 580 g/mol. The Balaban J connectivity index is 1.58. The number of aliphatic imine (C=N–C) groups is 1. The maximum atomic E-state index is 12.6. The highest BCUT2D eigenvalue weighted by Crippen LogP contribution is 2.39. The second kappa shape index (κ2) is 11.8. The molecule has 0 unspecified atom stereocenters. The molecule has 4 rings (SSSR count). The quantitative estimate of drug-likeness (QED) is 0.284. The molecule has 1 amide bonds. The van der Waals surface area contributed by atoms with Gasteiger partial charge in [0.05, 0.1) is 22.2 Å². The van der Waals surface area contributed by atoms with E-state index in [1.165, 1.54) is 11.8 Å². The molecule has 0 aromatic heterocycles. The van der Waals surface area contributed by atoms with Gasteiger partial charge in [-0.15, -0.1) is 0 Å². The Labute approximate surface area is 233 Å². The number of thioether (sulfide) groups is 1. The van der Waals surface area contributed by atoms with Crippen LogP contribution in [0.3, 0.4) is 0 Å². The average Bonchev–Trinajstić information content (AvgIpc) is 3.16. The van der Waals surface area contributed by atoms with Crippen molar-refractivity contribution in [3.8, 4) is 11.5 Å². The molecule has 0 saturated carbocycles. The van der Waals surface area contributed by atoms with E-state index in [1.807, 2.05) is 26.0 Å². The zero-order valence-corrected chi connectivity index (χ0v) is 23.0. The number of carbonyl (C=O) groups excluding carboxylic acids is 1. The van der Waals surface area contributed by atoms with Crippen LogP contribution >= 0.6 is 58.2 Å². The molecule has 0 bridgehead atoms. The SMILES string of the molecule is CCOc1cc(/C=C2/SC(=Nc3cccc(Cl)c3C)NC2=O)cc(Cl)c1OCc1ccc(Cl)cc1Cl. The fourth-order valence-electron chi connectivity index (χ4n) is 3.32. The van der Waals surface area contributed by atoms with E-state index in [0.717, 1.165) is 11.1 Å². The van der Waals surface area contributed by atoms with Crippen LogP contribution in [0.25, 0.3) is 6.08 Å². The van der Waals surface area contributed by atoms with Gasteiger partial charge in [-0.25, -0.2) is 4.99 Å². The largest absolute Gasteiger partial charge is 0.490 e. The van der Waals surface area contributed by atoms with Crippen LogP contribution < -0.4 is 14.8 Å². The smallest absolute Gasteiger partial charge is 0.264 e. The zero-order valence-electron chi connectivity index (χ0n) is 19.2. The van der Waals surface area contributed by atoms with Crippen molar-refractivity contribution in [3.05, 3.63) is 90.2 Å². The fraction of sp³-hybridized carbons (Fsp3) is 0.154. The lowest BCUT2D eigenvalue weighted by molar-refractivity contribution is -0.115. The van der Waals surface area contributed by atoms with Gasteiger partial charge in [-0.3, -0.25) is 4.79 Å². The first-order valence-electron chi connectivity index (χ1n) is 10.8. The summed E-state index contributed by atoms with van der Waals surface area (Å²) in [5.41, 5.74) is 2.96. The molecule has 0 atom stereocenters. The third-order valence-corrected chi connectivity index (χ3v) is 7.32. The van der Waals surface area contributed by atoms with E-state index in [0.29, 0.717) is 59.5 Å². The van der Waals surface area contributed by atoms with Crippen molar-refractivity contribution >= 4 is 81.0 Å². The number of hydrogen-bond donors (Lipinski definition) is 1. The average molecular weight is 582 g/mol. The standard InChI is InChI=1S/C26H20Cl4N2O3S/c1-3-34-22-10-15(9-20(30)24(22)35-13-16-7-8-17(27)12-19(16)29)11-23-25(33)32-26(36-23)31-21-6-4-5-18(28)14(21)2/h4-12H,3,13H2,1-2H3,(H,31,32,33)/b23-11+. The van der Waals surface area contributed by atoms with Crippen LogP contribution in [-0.4, -0.2) is 17.7 Å². The number of amides is 1. The van der Waals surface area contributed by atoms with Gasteiger partial charge in [-0.2, -0.15) is 0 Å². The first kappa shape index (κ1) is 26.7. The molecule has 0 radical (unpaired) electrons. The number of benzene rings is 3. The minimum absolute atomic E-state index is 0.178. The minimum atomic E-state index is -0.259. The maximum Gasteiger partial charge on any atom is 0.264 e. The fourth-order valence-corrected chi connectivity index (χ4v) is 5.06. The van der Waals surface area contributed by atoms with E-state index in [4.69, 9.17) is 55.9 Å². The summed E-state index contributed by atoms with van der Waals surface area (Å²) in [7, 11) is 0. The molecule has 36 heavy (non-hydrogen) atoms. The van der Waals surface area contributed by atoms with Gasteiger partial charge in [0.2, 0.25) is 0 Å². The predicted octanol–water partition coefficient (Wildman–Crippen LogP) is 8.48. The van der Waals surface area contributed by atoms with Gasteiger partial charge in [0.1, 0.15) is 6.61 Å². The van der Waals surface area contributed by atoms with E-state index < -0.39 is 0 Å². The number of ether oxygens (including phenoxy) is 2. The van der Waals surface area contributed by atoms with Crippen molar-refractivity contribution in [1.29, 1.82) is 0 Å². The van der Waals surface area contributed by atoms with Crippen LogP contribution in [0, 0.1) is 6.92 Å². The van der Waals surface area contributed by atoms with Gasteiger partial charge in [-0.05, 0) is 79.2 Å². The number of nitrogens with one attached hydrogen (secondary N) is 1. The van der Waals surface area contributed by atoms with Crippen LogP contribution in [0.15, 0.2) is 58.4 Å². The summed E-state index contributed by atoms with van der Waals surface area (Å²) in [6.07, 6.45) is 1.72. The van der Waals surface area contributed by atoms with Gasteiger partial charge in [0, 0.05) is 20.6 Å². The molecular formula is C26H20Cl4N2O3S. The second-order valence-corrected chi connectivity index (χ2v) is 10.3. The molecule has 1 saturated heterocycles. The summed E-state index contributed by atoms with van der Waals surface area (Å²) < 4.78 is 11.7. The Morgan fingerprint density at radius 2 is 1.81 bits per heavy atom. The number of amidine groups is 1. The van der Waals surface area contributed by atoms with Crippen molar-refractivity contribution in [3.63, 3.8) is 0 Å². The summed E-state index contributed by atoms with van der Waals surface area (Å²) in [6, 6.07) is 14.1. The van der Waals surface area contributed by atoms with Crippen molar-refractivity contribution in [2.75, 3.05) is 6.61 Å². The van der Waals surface area contributed by atoms with Gasteiger partial charge in [0.25, 0.3) is 5.91 Å². The normalized spacial score (nSPS) is 15.4. The molecule has 1 fully saturated rings. The summed E-state index contributed by atoms with van der Waals surface area (Å²) in [4.78, 5) is 17.6. The first-order chi connectivity index (χ1) is 17.2. The maximum absolute atomic E-state index is 12.6. The van der Waals surface area contributed by atoms with Gasteiger partial charge in [0.15, 0.2) is 16.7 Å². The lowest BCUT2D eigenvalue weighted by atomic mass is 10.1. The van der Waals surface area contributed by atoms with Crippen LogP contribution in [0.1, 0.15) is 23.6 Å². The number of carbonyl (C=O) groups is 1. The zero-order chi connectivity index (χ0) is 25.8. The predicted molar refractivity (Wildman–Crippen MR) is 150 cm³/mol. The Hall–Kier alpha value is -2.35. The third-order valence-electron chi connectivity index (χ3n) is 5.13. The molecule has 186 valence electrons.